The molecule has 0 aliphatic carbocycles. The largest absolute Gasteiger partial charge is 0.316 e. The first-order valence-corrected chi connectivity index (χ1v) is 4.31. The van der Waals surface area contributed by atoms with Crippen molar-refractivity contribution in [1.82, 2.24) is 14.1 Å². The van der Waals surface area contributed by atoms with Crippen LogP contribution in [0.2, 0.25) is 0 Å². The maximum atomic E-state index is 4.31. The zero-order valence-corrected chi connectivity index (χ0v) is 8.44. The van der Waals surface area contributed by atoms with Gasteiger partial charge in [0.1, 0.15) is 0 Å². The number of imidazole rings is 2. The second kappa shape index (κ2) is 2.52. The predicted molar refractivity (Wildman–Crippen MR) is 52.7 cm³/mol. The molecule has 0 aliphatic heterocycles. The Morgan fingerprint density at radius 3 is 2.54 bits per heavy atom. The second-order valence-corrected chi connectivity index (χ2v) is 3.43. The highest BCUT2D eigenvalue weighted by Gasteiger charge is 2.11. The van der Waals surface area contributed by atoms with E-state index in [2.05, 4.69) is 27.9 Å². The molecule has 0 atom stereocenters. The minimum Gasteiger partial charge on any atom is -0.316 e. The lowest BCUT2D eigenvalue weighted by Crippen LogP contribution is -2.26. The van der Waals surface area contributed by atoms with Crippen molar-refractivity contribution in [1.29, 1.82) is 0 Å². The summed E-state index contributed by atoms with van der Waals surface area (Å²) in [5.74, 6) is 0.972. The highest BCUT2D eigenvalue weighted by Crippen LogP contribution is 2.13. The summed E-state index contributed by atoms with van der Waals surface area (Å²) in [5.41, 5.74) is 2.47. The van der Waals surface area contributed by atoms with Gasteiger partial charge in [-0.15, -0.1) is 0 Å². The maximum absolute atomic E-state index is 4.31. The predicted octanol–water partition coefficient (Wildman–Crippen LogP) is 0.950. The van der Waals surface area contributed by atoms with Gasteiger partial charge in [0.2, 0.25) is 5.78 Å². The number of hydrogen-bond donors (Lipinski definition) is 0. The van der Waals surface area contributed by atoms with E-state index in [4.69, 9.17) is 0 Å². The van der Waals surface area contributed by atoms with E-state index in [1.807, 2.05) is 31.5 Å². The summed E-state index contributed by atoms with van der Waals surface area (Å²) in [6, 6.07) is 0. The SMILES string of the molecule is Cc1c(C)n2ccnc2n1N(C)C. The van der Waals surface area contributed by atoms with Crippen LogP contribution >= 0.6 is 0 Å². The molecule has 4 heteroatoms. The van der Waals surface area contributed by atoms with Crippen LogP contribution in [0.25, 0.3) is 5.78 Å². The summed E-state index contributed by atoms with van der Waals surface area (Å²) in [4.78, 5) is 4.31. The van der Waals surface area contributed by atoms with Gasteiger partial charge in [-0.05, 0) is 13.8 Å². The number of rotatable bonds is 1. The van der Waals surface area contributed by atoms with Crippen LogP contribution in [-0.2, 0) is 0 Å². The Bertz CT molecular complexity index is 436. The van der Waals surface area contributed by atoms with Crippen molar-refractivity contribution >= 4 is 5.78 Å². The summed E-state index contributed by atoms with van der Waals surface area (Å²) < 4.78 is 4.19. The van der Waals surface area contributed by atoms with Gasteiger partial charge in [-0.3, -0.25) is 4.40 Å². The summed E-state index contributed by atoms with van der Waals surface area (Å²) >= 11 is 0. The highest BCUT2D eigenvalue weighted by molar-refractivity contribution is 5.39. The van der Waals surface area contributed by atoms with Crippen LogP contribution in [0.4, 0.5) is 0 Å². The molecule has 0 fully saturated rings. The molecule has 0 aromatic carbocycles. The first-order chi connectivity index (χ1) is 6.13. The molecular weight excluding hydrogens is 164 g/mol. The van der Waals surface area contributed by atoms with Crippen LogP contribution in [0, 0.1) is 13.8 Å². The Morgan fingerprint density at radius 1 is 1.23 bits per heavy atom. The van der Waals surface area contributed by atoms with Gasteiger partial charge in [-0.2, -0.15) is 0 Å². The standard InChI is InChI=1S/C9H14N4/c1-7-8(2)13(11(3)4)9-10-5-6-12(7)9/h5-6H,1-4H3. The number of aryl methyl sites for hydroxylation is 1. The topological polar surface area (TPSA) is 25.5 Å². The summed E-state index contributed by atoms with van der Waals surface area (Å²) in [7, 11) is 4.03. The van der Waals surface area contributed by atoms with E-state index >= 15 is 0 Å². The van der Waals surface area contributed by atoms with E-state index in [-0.39, 0.29) is 0 Å². The van der Waals surface area contributed by atoms with Crippen molar-refractivity contribution in [2.24, 2.45) is 0 Å². The lowest BCUT2D eigenvalue weighted by atomic mass is 10.4. The number of aromatic nitrogens is 3. The third-order valence-electron chi connectivity index (χ3n) is 2.41. The molecule has 0 amide bonds. The van der Waals surface area contributed by atoms with E-state index in [0.717, 1.165) is 5.78 Å². The van der Waals surface area contributed by atoms with Crippen LogP contribution in [0.1, 0.15) is 11.4 Å². The molecule has 0 aliphatic rings. The zero-order chi connectivity index (χ0) is 9.59. The molecule has 0 radical (unpaired) electrons. The Kier molecular flexibility index (Phi) is 1.58. The molecule has 2 aromatic heterocycles. The second-order valence-electron chi connectivity index (χ2n) is 3.43. The number of fused-ring (bicyclic) bond motifs is 1. The molecule has 0 saturated carbocycles. The zero-order valence-electron chi connectivity index (χ0n) is 8.44. The first kappa shape index (κ1) is 8.16. The first-order valence-electron chi connectivity index (χ1n) is 4.31. The Balaban J connectivity index is 2.84. The molecule has 2 rings (SSSR count). The van der Waals surface area contributed by atoms with Crippen LogP contribution < -0.4 is 5.01 Å². The minimum atomic E-state index is 0.972. The number of nitrogens with zero attached hydrogens (tertiary/aromatic N) is 4. The molecule has 0 bridgehead atoms. The molecule has 2 heterocycles. The Labute approximate surface area is 77.4 Å². The Hall–Kier alpha value is -1.45. The van der Waals surface area contributed by atoms with Crippen molar-refractivity contribution in [3.8, 4) is 0 Å². The van der Waals surface area contributed by atoms with Crippen molar-refractivity contribution in [2.45, 2.75) is 13.8 Å². The number of hydrogen-bond acceptors (Lipinski definition) is 2. The summed E-state index contributed by atoms with van der Waals surface area (Å²) in [6.07, 6.45) is 3.80. The Morgan fingerprint density at radius 2 is 1.92 bits per heavy atom. The molecular formula is C9H14N4. The minimum absolute atomic E-state index is 0.972. The van der Waals surface area contributed by atoms with Gasteiger partial charge < -0.3 is 5.01 Å². The van der Waals surface area contributed by atoms with Crippen molar-refractivity contribution in [3.63, 3.8) is 0 Å². The maximum Gasteiger partial charge on any atom is 0.233 e. The molecule has 13 heavy (non-hydrogen) atoms. The molecule has 0 spiro atoms. The van der Waals surface area contributed by atoms with E-state index in [1.54, 1.807) is 0 Å². The fourth-order valence-electron chi connectivity index (χ4n) is 1.67. The van der Waals surface area contributed by atoms with Crippen LogP contribution in [0.5, 0.6) is 0 Å². The average molecular weight is 178 g/mol. The smallest absolute Gasteiger partial charge is 0.233 e. The van der Waals surface area contributed by atoms with E-state index in [0.29, 0.717) is 0 Å². The van der Waals surface area contributed by atoms with Gasteiger partial charge >= 0.3 is 0 Å². The molecule has 0 unspecified atom stereocenters. The normalized spacial score (nSPS) is 11.1. The molecule has 4 nitrogen and oxygen atoms in total. The van der Waals surface area contributed by atoms with E-state index in [9.17, 15) is 0 Å². The van der Waals surface area contributed by atoms with Crippen LogP contribution in [0.15, 0.2) is 12.4 Å². The molecule has 0 saturated heterocycles. The lowest BCUT2D eigenvalue weighted by molar-refractivity contribution is 0.726. The van der Waals surface area contributed by atoms with Crippen LogP contribution in [0.3, 0.4) is 0 Å². The van der Waals surface area contributed by atoms with Gasteiger partial charge in [-0.1, -0.05) is 0 Å². The van der Waals surface area contributed by atoms with Crippen molar-refractivity contribution in [2.75, 3.05) is 19.1 Å². The monoisotopic (exact) mass is 178 g/mol. The fraction of sp³-hybridized carbons (Fsp3) is 0.444. The highest BCUT2D eigenvalue weighted by atomic mass is 15.6. The van der Waals surface area contributed by atoms with Gasteiger partial charge in [0.25, 0.3) is 0 Å². The quantitative estimate of drug-likeness (QED) is 0.649. The molecule has 0 N–H and O–H groups in total. The molecule has 70 valence electrons. The van der Waals surface area contributed by atoms with Gasteiger partial charge in [0, 0.05) is 32.2 Å². The van der Waals surface area contributed by atoms with Crippen LogP contribution in [-0.4, -0.2) is 28.2 Å². The summed E-state index contributed by atoms with van der Waals surface area (Å²) in [5, 5.41) is 2.03. The third kappa shape index (κ3) is 0.946. The van der Waals surface area contributed by atoms with Gasteiger partial charge in [0.15, 0.2) is 0 Å². The van der Waals surface area contributed by atoms with E-state index < -0.39 is 0 Å². The van der Waals surface area contributed by atoms with Crippen molar-refractivity contribution < 1.29 is 0 Å². The molecule has 2 aromatic rings. The summed E-state index contributed by atoms with van der Waals surface area (Å²) in [6.45, 7) is 4.20. The fourth-order valence-corrected chi connectivity index (χ4v) is 1.67. The van der Waals surface area contributed by atoms with Gasteiger partial charge in [-0.25, -0.2) is 9.66 Å². The average Bonchev–Trinajstić information content (AvgIpc) is 2.57. The van der Waals surface area contributed by atoms with Gasteiger partial charge in [0.05, 0.1) is 5.69 Å². The van der Waals surface area contributed by atoms with E-state index in [1.165, 1.54) is 11.4 Å². The third-order valence-corrected chi connectivity index (χ3v) is 2.41. The van der Waals surface area contributed by atoms with Crippen molar-refractivity contribution in [3.05, 3.63) is 23.8 Å². The lowest BCUT2D eigenvalue weighted by Gasteiger charge is -2.15.